The van der Waals surface area contributed by atoms with Crippen LogP contribution in [-0.4, -0.2) is 46.8 Å². The molecule has 1 aliphatic heterocycles. The summed E-state index contributed by atoms with van der Waals surface area (Å²) in [5.74, 6) is 0.281. The minimum atomic E-state index is 0.241. The van der Waals surface area contributed by atoms with E-state index in [4.69, 9.17) is 16.0 Å². The van der Waals surface area contributed by atoms with Crippen molar-refractivity contribution >= 4 is 5.84 Å². The summed E-state index contributed by atoms with van der Waals surface area (Å²) >= 11 is 0. The van der Waals surface area contributed by atoms with Gasteiger partial charge in [0.2, 0.25) is 0 Å². The van der Waals surface area contributed by atoms with E-state index >= 15 is 0 Å². The van der Waals surface area contributed by atoms with Gasteiger partial charge in [0.1, 0.15) is 5.84 Å². The second kappa shape index (κ2) is 6.63. The highest BCUT2D eigenvalue weighted by atomic mass is 16.4. The van der Waals surface area contributed by atoms with Gasteiger partial charge in [0.25, 0.3) is 0 Å². The fourth-order valence-electron chi connectivity index (χ4n) is 2.14. The van der Waals surface area contributed by atoms with Crippen molar-refractivity contribution in [3.63, 3.8) is 0 Å². The van der Waals surface area contributed by atoms with E-state index in [1.807, 2.05) is 0 Å². The van der Waals surface area contributed by atoms with Crippen molar-refractivity contribution in [2.24, 2.45) is 10.9 Å². The molecule has 1 unspecified atom stereocenters. The molecule has 1 fully saturated rings. The number of aliphatic hydroxyl groups is 1. The van der Waals surface area contributed by atoms with Crippen LogP contribution in [-0.2, 0) is 0 Å². The zero-order valence-corrected chi connectivity index (χ0v) is 9.10. The lowest BCUT2D eigenvalue weighted by atomic mass is 9.99. The monoisotopic (exact) mass is 215 g/mol. The zero-order valence-electron chi connectivity index (χ0n) is 9.10. The predicted octanol–water partition coefficient (Wildman–Crippen LogP) is 0.360. The zero-order chi connectivity index (χ0) is 11.1. The first kappa shape index (κ1) is 12.3. The molecule has 1 rings (SSSR count). The van der Waals surface area contributed by atoms with Gasteiger partial charge in [0.05, 0.1) is 0 Å². The molecule has 4 N–H and O–H groups in total. The highest BCUT2D eigenvalue weighted by Crippen LogP contribution is 2.19. The van der Waals surface area contributed by atoms with Crippen LogP contribution in [0.15, 0.2) is 5.16 Å². The Balaban J connectivity index is 2.35. The number of amidine groups is 1. The number of hydrogen-bond acceptors (Lipinski definition) is 4. The van der Waals surface area contributed by atoms with Gasteiger partial charge in [-0.15, -0.1) is 0 Å². The van der Waals surface area contributed by atoms with Gasteiger partial charge in [-0.3, -0.25) is 4.90 Å². The summed E-state index contributed by atoms with van der Waals surface area (Å²) in [7, 11) is 0. The summed E-state index contributed by atoms with van der Waals surface area (Å²) in [6.07, 6.45) is 5.02. The number of piperidine rings is 1. The highest BCUT2D eigenvalue weighted by Gasteiger charge is 2.21. The summed E-state index contributed by atoms with van der Waals surface area (Å²) < 4.78 is 0. The van der Waals surface area contributed by atoms with Crippen LogP contribution in [0.5, 0.6) is 0 Å². The quantitative estimate of drug-likeness (QED) is 0.268. The van der Waals surface area contributed by atoms with E-state index in [2.05, 4.69) is 10.1 Å². The Labute approximate surface area is 90.6 Å². The van der Waals surface area contributed by atoms with Gasteiger partial charge in [0.15, 0.2) is 0 Å². The third kappa shape index (κ3) is 4.05. The second-order valence-electron chi connectivity index (χ2n) is 4.04. The third-order valence-electron chi connectivity index (χ3n) is 2.99. The molecule has 0 bridgehead atoms. The second-order valence-corrected chi connectivity index (χ2v) is 4.04. The third-order valence-corrected chi connectivity index (χ3v) is 2.99. The number of aliphatic hydroxyl groups excluding tert-OH is 1. The molecule has 0 aromatic carbocycles. The van der Waals surface area contributed by atoms with Gasteiger partial charge in [-0.05, 0) is 25.8 Å². The molecule has 88 valence electrons. The SMILES string of the molecule is N/C(CCN1CCCCC1CCO)=N\O. The van der Waals surface area contributed by atoms with E-state index < -0.39 is 0 Å². The topological polar surface area (TPSA) is 82.1 Å². The predicted molar refractivity (Wildman–Crippen MR) is 58.9 cm³/mol. The summed E-state index contributed by atoms with van der Waals surface area (Å²) in [5, 5.41) is 20.3. The fourth-order valence-corrected chi connectivity index (χ4v) is 2.14. The highest BCUT2D eigenvalue weighted by molar-refractivity contribution is 5.79. The lowest BCUT2D eigenvalue weighted by Crippen LogP contribution is -2.41. The standard InChI is InChI=1S/C10H21N3O2/c11-10(12-15)4-7-13-6-2-1-3-9(13)5-8-14/h9,14-15H,1-8H2,(H2,11,12). The molecule has 0 aliphatic carbocycles. The maximum absolute atomic E-state index is 8.94. The van der Waals surface area contributed by atoms with Gasteiger partial charge in [-0.1, -0.05) is 11.6 Å². The Morgan fingerprint density at radius 2 is 2.27 bits per heavy atom. The van der Waals surface area contributed by atoms with Crippen molar-refractivity contribution in [2.75, 3.05) is 19.7 Å². The van der Waals surface area contributed by atoms with E-state index in [0.29, 0.717) is 12.5 Å². The van der Waals surface area contributed by atoms with Crippen LogP contribution in [0.1, 0.15) is 32.1 Å². The van der Waals surface area contributed by atoms with Crippen LogP contribution in [0.25, 0.3) is 0 Å². The van der Waals surface area contributed by atoms with Crippen LogP contribution in [0.4, 0.5) is 0 Å². The lowest BCUT2D eigenvalue weighted by Gasteiger charge is -2.35. The number of nitrogens with zero attached hydrogens (tertiary/aromatic N) is 2. The molecule has 0 spiro atoms. The van der Waals surface area contributed by atoms with Crippen LogP contribution in [0, 0.1) is 0 Å². The maximum atomic E-state index is 8.94. The molecule has 1 aliphatic rings. The first-order valence-electron chi connectivity index (χ1n) is 5.59. The van der Waals surface area contributed by atoms with Crippen molar-refractivity contribution in [2.45, 2.75) is 38.1 Å². The molecule has 1 saturated heterocycles. The van der Waals surface area contributed by atoms with Gasteiger partial charge in [-0.2, -0.15) is 0 Å². The Bertz CT molecular complexity index is 207. The van der Waals surface area contributed by atoms with Gasteiger partial charge >= 0.3 is 0 Å². The van der Waals surface area contributed by atoms with Crippen molar-refractivity contribution in [3.8, 4) is 0 Å². The van der Waals surface area contributed by atoms with Gasteiger partial charge in [-0.25, -0.2) is 0 Å². The molecule has 1 heterocycles. The average Bonchev–Trinajstić information content (AvgIpc) is 2.28. The van der Waals surface area contributed by atoms with E-state index in [0.717, 1.165) is 25.9 Å². The smallest absolute Gasteiger partial charge is 0.140 e. The van der Waals surface area contributed by atoms with Crippen molar-refractivity contribution in [1.29, 1.82) is 0 Å². The van der Waals surface area contributed by atoms with Crippen molar-refractivity contribution < 1.29 is 10.3 Å². The summed E-state index contributed by atoms with van der Waals surface area (Å²) in [5.41, 5.74) is 5.43. The van der Waals surface area contributed by atoms with Gasteiger partial charge < -0.3 is 16.0 Å². The Kier molecular flexibility index (Phi) is 5.42. The molecule has 0 aromatic heterocycles. The lowest BCUT2D eigenvalue weighted by molar-refractivity contribution is 0.122. The first-order valence-corrected chi connectivity index (χ1v) is 5.59. The number of nitrogens with two attached hydrogens (primary N) is 1. The van der Waals surface area contributed by atoms with Crippen molar-refractivity contribution in [1.82, 2.24) is 4.90 Å². The summed E-state index contributed by atoms with van der Waals surface area (Å²) in [6.45, 7) is 2.12. The molecule has 0 aromatic rings. The summed E-state index contributed by atoms with van der Waals surface area (Å²) in [6, 6.07) is 0.468. The number of likely N-dealkylation sites (tertiary alicyclic amines) is 1. The molecule has 1 atom stereocenters. The van der Waals surface area contributed by atoms with E-state index in [1.165, 1.54) is 12.8 Å². The Morgan fingerprint density at radius 1 is 1.47 bits per heavy atom. The molecule has 5 heteroatoms. The number of oxime groups is 1. The normalized spacial score (nSPS) is 24.3. The molecule has 0 amide bonds. The number of rotatable bonds is 5. The van der Waals surface area contributed by atoms with E-state index in [-0.39, 0.29) is 12.4 Å². The van der Waals surface area contributed by atoms with Crippen LogP contribution in [0.2, 0.25) is 0 Å². The molecule has 0 radical (unpaired) electrons. The fraction of sp³-hybridized carbons (Fsp3) is 0.900. The minimum absolute atomic E-state index is 0.241. The van der Waals surface area contributed by atoms with E-state index in [1.54, 1.807) is 0 Å². The van der Waals surface area contributed by atoms with Gasteiger partial charge in [0, 0.05) is 25.6 Å². The molecular weight excluding hydrogens is 194 g/mol. The van der Waals surface area contributed by atoms with Crippen LogP contribution in [0.3, 0.4) is 0 Å². The molecule has 5 nitrogen and oxygen atoms in total. The van der Waals surface area contributed by atoms with Crippen molar-refractivity contribution in [3.05, 3.63) is 0 Å². The van der Waals surface area contributed by atoms with Crippen LogP contribution < -0.4 is 5.73 Å². The van der Waals surface area contributed by atoms with Crippen LogP contribution >= 0.6 is 0 Å². The molecule has 0 saturated carbocycles. The number of hydrogen-bond donors (Lipinski definition) is 3. The summed E-state index contributed by atoms with van der Waals surface area (Å²) in [4.78, 5) is 2.33. The first-order chi connectivity index (χ1) is 7.27. The maximum Gasteiger partial charge on any atom is 0.140 e. The molecule has 15 heavy (non-hydrogen) atoms. The Hall–Kier alpha value is -0.810. The average molecular weight is 215 g/mol. The Morgan fingerprint density at radius 3 is 2.93 bits per heavy atom. The molecular formula is C10H21N3O2. The van der Waals surface area contributed by atoms with E-state index in [9.17, 15) is 0 Å². The largest absolute Gasteiger partial charge is 0.409 e. The minimum Gasteiger partial charge on any atom is -0.409 e.